The van der Waals surface area contributed by atoms with Crippen LogP contribution in [0.2, 0.25) is 0 Å². The van der Waals surface area contributed by atoms with E-state index in [9.17, 15) is 13.2 Å². The van der Waals surface area contributed by atoms with E-state index in [1.54, 1.807) is 7.05 Å². The number of halogens is 4. The Bertz CT molecular complexity index is 397. The minimum atomic E-state index is -4.17. The molecule has 18 heavy (non-hydrogen) atoms. The Balaban J connectivity index is 2.79. The minimum Gasteiger partial charge on any atom is -0.369 e. The van der Waals surface area contributed by atoms with E-state index in [1.165, 1.54) is 11.2 Å². The molecule has 0 radical (unpaired) electrons. The SMILES string of the molecule is CCNc1ncnc(N(C)CCC(F)(F)F)c1Br. The van der Waals surface area contributed by atoms with E-state index in [1.807, 2.05) is 6.92 Å². The van der Waals surface area contributed by atoms with E-state index in [0.29, 0.717) is 22.7 Å². The Morgan fingerprint density at radius 1 is 1.39 bits per heavy atom. The van der Waals surface area contributed by atoms with Gasteiger partial charge in [-0.15, -0.1) is 0 Å². The van der Waals surface area contributed by atoms with Crippen LogP contribution in [-0.4, -0.2) is 36.3 Å². The van der Waals surface area contributed by atoms with Crippen molar-refractivity contribution in [1.29, 1.82) is 0 Å². The summed E-state index contributed by atoms with van der Waals surface area (Å²) in [6.07, 6.45) is -3.73. The zero-order chi connectivity index (χ0) is 13.8. The summed E-state index contributed by atoms with van der Waals surface area (Å²) in [6, 6.07) is 0. The molecular weight excluding hydrogens is 313 g/mol. The summed E-state index contributed by atoms with van der Waals surface area (Å²) in [4.78, 5) is 9.43. The fourth-order valence-electron chi connectivity index (χ4n) is 1.32. The van der Waals surface area contributed by atoms with Crippen molar-refractivity contribution >= 4 is 27.6 Å². The average Bonchev–Trinajstić information content (AvgIpc) is 2.28. The van der Waals surface area contributed by atoms with Gasteiger partial charge in [0.1, 0.15) is 22.4 Å². The number of hydrogen-bond acceptors (Lipinski definition) is 4. The maximum Gasteiger partial charge on any atom is 0.390 e. The molecule has 1 heterocycles. The second kappa shape index (κ2) is 6.21. The van der Waals surface area contributed by atoms with Gasteiger partial charge in [0.05, 0.1) is 6.42 Å². The maximum absolute atomic E-state index is 12.1. The van der Waals surface area contributed by atoms with Gasteiger partial charge < -0.3 is 10.2 Å². The first-order valence-corrected chi connectivity index (χ1v) is 6.16. The lowest BCUT2D eigenvalue weighted by Crippen LogP contribution is -2.25. The lowest BCUT2D eigenvalue weighted by atomic mass is 10.3. The fraction of sp³-hybridized carbons (Fsp3) is 0.600. The first kappa shape index (κ1) is 15.0. The molecule has 0 aliphatic carbocycles. The molecule has 0 unspecified atom stereocenters. The molecule has 0 bridgehead atoms. The number of anilines is 2. The molecule has 1 aromatic rings. The monoisotopic (exact) mass is 326 g/mol. The lowest BCUT2D eigenvalue weighted by Gasteiger charge is -2.21. The summed E-state index contributed by atoms with van der Waals surface area (Å²) in [7, 11) is 1.56. The largest absolute Gasteiger partial charge is 0.390 e. The van der Waals surface area contributed by atoms with Crippen LogP contribution in [0.4, 0.5) is 24.8 Å². The first-order chi connectivity index (χ1) is 8.35. The van der Waals surface area contributed by atoms with Crippen molar-refractivity contribution in [2.24, 2.45) is 0 Å². The quantitative estimate of drug-likeness (QED) is 0.902. The molecule has 0 atom stereocenters. The molecule has 102 valence electrons. The highest BCUT2D eigenvalue weighted by atomic mass is 79.9. The van der Waals surface area contributed by atoms with Crippen LogP contribution < -0.4 is 10.2 Å². The van der Waals surface area contributed by atoms with Crippen LogP contribution >= 0.6 is 15.9 Å². The van der Waals surface area contributed by atoms with E-state index < -0.39 is 12.6 Å². The van der Waals surface area contributed by atoms with Crippen LogP contribution in [0.1, 0.15) is 13.3 Å². The molecule has 1 aromatic heterocycles. The number of hydrogen-bond donors (Lipinski definition) is 1. The maximum atomic E-state index is 12.1. The van der Waals surface area contributed by atoms with Gasteiger partial charge in [-0.05, 0) is 22.9 Å². The Kier molecular flexibility index (Phi) is 5.18. The minimum absolute atomic E-state index is 0.148. The van der Waals surface area contributed by atoms with Gasteiger partial charge in [-0.1, -0.05) is 0 Å². The van der Waals surface area contributed by atoms with Crippen LogP contribution in [0.3, 0.4) is 0 Å². The van der Waals surface area contributed by atoms with E-state index in [2.05, 4.69) is 31.2 Å². The molecule has 0 fully saturated rings. The van der Waals surface area contributed by atoms with Crippen molar-refractivity contribution in [2.75, 3.05) is 30.4 Å². The third kappa shape index (κ3) is 4.32. The second-order valence-corrected chi connectivity index (χ2v) is 4.47. The van der Waals surface area contributed by atoms with E-state index in [4.69, 9.17) is 0 Å². The molecule has 0 saturated carbocycles. The van der Waals surface area contributed by atoms with Crippen molar-refractivity contribution in [3.63, 3.8) is 0 Å². The summed E-state index contributed by atoms with van der Waals surface area (Å²) in [5, 5.41) is 3.00. The predicted octanol–water partition coefficient (Wildman–Crippen LogP) is 3.06. The van der Waals surface area contributed by atoms with Crippen molar-refractivity contribution in [3.05, 3.63) is 10.8 Å². The highest BCUT2D eigenvalue weighted by molar-refractivity contribution is 9.10. The van der Waals surface area contributed by atoms with Gasteiger partial charge in [0, 0.05) is 20.1 Å². The Morgan fingerprint density at radius 3 is 2.61 bits per heavy atom. The third-order valence-corrected chi connectivity index (χ3v) is 2.94. The average molecular weight is 327 g/mol. The van der Waals surface area contributed by atoms with E-state index in [0.717, 1.165) is 0 Å². The summed E-state index contributed by atoms with van der Waals surface area (Å²) in [6.45, 7) is 2.42. The molecule has 0 aliphatic heterocycles. The fourth-order valence-corrected chi connectivity index (χ4v) is 1.97. The smallest absolute Gasteiger partial charge is 0.369 e. The molecule has 0 aromatic carbocycles. The van der Waals surface area contributed by atoms with Gasteiger partial charge in [0.2, 0.25) is 0 Å². The first-order valence-electron chi connectivity index (χ1n) is 5.37. The highest BCUT2D eigenvalue weighted by Gasteiger charge is 2.27. The topological polar surface area (TPSA) is 41.1 Å². The second-order valence-electron chi connectivity index (χ2n) is 3.68. The normalized spacial score (nSPS) is 11.4. The Labute approximate surface area is 112 Å². The predicted molar refractivity (Wildman–Crippen MR) is 67.8 cm³/mol. The van der Waals surface area contributed by atoms with Gasteiger partial charge in [-0.2, -0.15) is 13.2 Å². The Hall–Kier alpha value is -1.05. The summed E-state index contributed by atoms with van der Waals surface area (Å²) in [5.41, 5.74) is 0. The summed E-state index contributed by atoms with van der Waals surface area (Å²) < 4.78 is 37.0. The zero-order valence-electron chi connectivity index (χ0n) is 10.1. The third-order valence-electron chi connectivity index (χ3n) is 2.21. The molecule has 0 aliphatic rings. The number of nitrogens with one attached hydrogen (secondary N) is 1. The Morgan fingerprint density at radius 2 is 2.06 bits per heavy atom. The number of aromatic nitrogens is 2. The number of alkyl halides is 3. The molecule has 1 N–H and O–H groups in total. The standard InChI is InChI=1S/C10H14BrF3N4/c1-3-15-8-7(11)9(17-6-16-8)18(2)5-4-10(12,13)14/h6H,3-5H2,1-2H3,(H,15,16,17). The van der Waals surface area contributed by atoms with Crippen LogP contribution in [0, 0.1) is 0 Å². The lowest BCUT2D eigenvalue weighted by molar-refractivity contribution is -0.132. The van der Waals surface area contributed by atoms with Gasteiger partial charge in [-0.25, -0.2) is 9.97 Å². The number of nitrogens with zero attached hydrogens (tertiary/aromatic N) is 3. The van der Waals surface area contributed by atoms with Gasteiger partial charge in [-0.3, -0.25) is 0 Å². The van der Waals surface area contributed by atoms with Crippen LogP contribution in [0.15, 0.2) is 10.8 Å². The van der Waals surface area contributed by atoms with E-state index in [-0.39, 0.29) is 6.54 Å². The van der Waals surface area contributed by atoms with Crippen LogP contribution in [0.25, 0.3) is 0 Å². The van der Waals surface area contributed by atoms with Crippen molar-refractivity contribution < 1.29 is 13.2 Å². The van der Waals surface area contributed by atoms with Crippen LogP contribution in [0.5, 0.6) is 0 Å². The molecule has 8 heteroatoms. The molecule has 0 spiro atoms. The molecular formula is C10H14BrF3N4. The molecule has 0 amide bonds. The summed E-state index contributed by atoms with van der Waals surface area (Å²) >= 11 is 3.29. The van der Waals surface area contributed by atoms with E-state index >= 15 is 0 Å². The van der Waals surface area contributed by atoms with Gasteiger partial charge >= 0.3 is 6.18 Å². The molecule has 4 nitrogen and oxygen atoms in total. The highest BCUT2D eigenvalue weighted by Crippen LogP contribution is 2.29. The van der Waals surface area contributed by atoms with Crippen LogP contribution in [-0.2, 0) is 0 Å². The van der Waals surface area contributed by atoms with Gasteiger partial charge in [0.25, 0.3) is 0 Å². The van der Waals surface area contributed by atoms with Gasteiger partial charge in [0.15, 0.2) is 0 Å². The molecule has 1 rings (SSSR count). The zero-order valence-corrected chi connectivity index (χ0v) is 11.6. The molecule has 0 saturated heterocycles. The van der Waals surface area contributed by atoms with Crippen molar-refractivity contribution in [2.45, 2.75) is 19.5 Å². The summed E-state index contributed by atoms with van der Waals surface area (Å²) in [5.74, 6) is 1.01. The van der Waals surface area contributed by atoms with Crippen molar-refractivity contribution in [3.8, 4) is 0 Å². The van der Waals surface area contributed by atoms with Crippen molar-refractivity contribution in [1.82, 2.24) is 9.97 Å². The number of rotatable bonds is 5.